The van der Waals surface area contributed by atoms with Crippen LogP contribution in [0.2, 0.25) is 0 Å². The second kappa shape index (κ2) is 6.59. The number of aliphatic carboxylic acids is 1. The summed E-state index contributed by atoms with van der Waals surface area (Å²) >= 11 is 0. The van der Waals surface area contributed by atoms with Gasteiger partial charge in [-0.15, -0.1) is 0 Å². The summed E-state index contributed by atoms with van der Waals surface area (Å²) in [6, 6.07) is -0.423. The number of carboxylic acids is 1. The number of hydrogen-bond acceptors (Lipinski definition) is 3. The Labute approximate surface area is 102 Å². The Hall–Kier alpha value is -1.10. The van der Waals surface area contributed by atoms with E-state index < -0.39 is 12.0 Å². The van der Waals surface area contributed by atoms with Crippen LogP contribution in [0.15, 0.2) is 0 Å². The number of nitrogens with one attached hydrogen (secondary N) is 2. The third-order valence-electron chi connectivity index (χ3n) is 3.32. The average Bonchev–Trinajstić information content (AvgIpc) is 2.29. The van der Waals surface area contributed by atoms with Gasteiger partial charge in [-0.05, 0) is 38.5 Å². The second-order valence-corrected chi connectivity index (χ2v) is 4.97. The maximum atomic E-state index is 11.6. The van der Waals surface area contributed by atoms with Crippen molar-refractivity contribution in [3.05, 3.63) is 0 Å². The zero-order valence-corrected chi connectivity index (χ0v) is 10.5. The van der Waals surface area contributed by atoms with Crippen molar-refractivity contribution in [2.24, 2.45) is 5.92 Å². The van der Waals surface area contributed by atoms with E-state index in [-0.39, 0.29) is 18.5 Å². The topological polar surface area (TPSA) is 78.4 Å². The minimum Gasteiger partial charge on any atom is -0.480 e. The van der Waals surface area contributed by atoms with E-state index in [4.69, 9.17) is 5.11 Å². The summed E-state index contributed by atoms with van der Waals surface area (Å²) in [7, 11) is 0. The van der Waals surface area contributed by atoms with Gasteiger partial charge in [0, 0.05) is 6.04 Å². The minimum atomic E-state index is -0.940. The van der Waals surface area contributed by atoms with Crippen LogP contribution in [0.3, 0.4) is 0 Å². The number of rotatable bonds is 5. The molecule has 1 amide bonds. The van der Waals surface area contributed by atoms with Gasteiger partial charge in [-0.1, -0.05) is 6.92 Å². The minimum absolute atomic E-state index is 0.0690. The van der Waals surface area contributed by atoms with Crippen molar-refractivity contribution in [1.29, 1.82) is 0 Å². The fourth-order valence-corrected chi connectivity index (χ4v) is 2.02. The molecule has 3 N–H and O–H groups in total. The summed E-state index contributed by atoms with van der Waals surface area (Å²) in [6.45, 7) is 3.82. The van der Waals surface area contributed by atoms with Crippen molar-refractivity contribution in [3.63, 3.8) is 0 Å². The Morgan fingerprint density at radius 1 is 1.29 bits per heavy atom. The number of carbonyl (C=O) groups excluding carboxylic acids is 1. The van der Waals surface area contributed by atoms with Crippen LogP contribution in [0.5, 0.6) is 0 Å². The van der Waals surface area contributed by atoms with E-state index in [1.807, 2.05) is 0 Å². The molecule has 0 aromatic heterocycles. The number of carboxylic acid groups (broad SMARTS) is 1. The zero-order valence-electron chi connectivity index (χ0n) is 10.5. The first-order chi connectivity index (χ1) is 7.99. The van der Waals surface area contributed by atoms with Crippen molar-refractivity contribution >= 4 is 11.9 Å². The van der Waals surface area contributed by atoms with E-state index in [2.05, 4.69) is 17.6 Å². The molecule has 0 aromatic carbocycles. The van der Waals surface area contributed by atoms with Crippen molar-refractivity contribution in [3.8, 4) is 0 Å². The molecule has 5 heteroatoms. The summed E-state index contributed by atoms with van der Waals surface area (Å²) in [5, 5.41) is 14.3. The van der Waals surface area contributed by atoms with Gasteiger partial charge in [-0.3, -0.25) is 14.9 Å². The fourth-order valence-electron chi connectivity index (χ4n) is 2.02. The summed E-state index contributed by atoms with van der Waals surface area (Å²) in [5.41, 5.74) is 0. The first-order valence-corrected chi connectivity index (χ1v) is 6.24. The van der Waals surface area contributed by atoms with Crippen LogP contribution in [0.25, 0.3) is 0 Å². The first-order valence-electron chi connectivity index (χ1n) is 6.24. The van der Waals surface area contributed by atoms with Gasteiger partial charge in [0.2, 0.25) is 5.91 Å². The number of carbonyl (C=O) groups is 2. The highest BCUT2D eigenvalue weighted by atomic mass is 16.4. The number of amides is 1. The van der Waals surface area contributed by atoms with Crippen LogP contribution >= 0.6 is 0 Å². The molecule has 1 fully saturated rings. The van der Waals surface area contributed by atoms with Gasteiger partial charge in [-0.25, -0.2) is 0 Å². The third-order valence-corrected chi connectivity index (χ3v) is 3.32. The summed E-state index contributed by atoms with van der Waals surface area (Å²) in [5.74, 6) is -0.296. The lowest BCUT2D eigenvalue weighted by Gasteiger charge is -2.27. The van der Waals surface area contributed by atoms with Crippen LogP contribution in [0.4, 0.5) is 0 Å². The van der Waals surface area contributed by atoms with Gasteiger partial charge in [0.1, 0.15) is 6.04 Å². The Kier molecular flexibility index (Phi) is 5.41. The molecular formula is C12H22N2O3. The molecule has 0 radical (unpaired) electrons. The Morgan fingerprint density at radius 3 is 2.41 bits per heavy atom. The predicted octanol–water partition coefficient (Wildman–Crippen LogP) is 0.744. The Bertz CT molecular complexity index is 273. The molecule has 1 saturated carbocycles. The van der Waals surface area contributed by atoms with Crippen LogP contribution in [-0.2, 0) is 9.59 Å². The number of hydrogen-bond donors (Lipinski definition) is 3. The van der Waals surface area contributed by atoms with Gasteiger partial charge < -0.3 is 10.4 Å². The van der Waals surface area contributed by atoms with E-state index >= 15 is 0 Å². The lowest BCUT2D eigenvalue weighted by Crippen LogP contribution is -2.45. The molecule has 1 aliphatic carbocycles. The molecule has 1 rings (SSSR count). The lowest BCUT2D eigenvalue weighted by atomic mass is 9.87. The van der Waals surface area contributed by atoms with Gasteiger partial charge in [0.25, 0.3) is 0 Å². The molecule has 0 aromatic rings. The average molecular weight is 242 g/mol. The lowest BCUT2D eigenvalue weighted by molar-refractivity contribution is -0.139. The molecule has 0 aliphatic heterocycles. The SMILES string of the molecule is CC1CCC(NC(=O)CN[C@@H](C)C(=O)O)CC1. The van der Waals surface area contributed by atoms with Crippen molar-refractivity contribution in [2.75, 3.05) is 6.54 Å². The molecule has 0 heterocycles. The van der Waals surface area contributed by atoms with Crippen LogP contribution in [0, 0.1) is 5.92 Å². The van der Waals surface area contributed by atoms with Crippen molar-refractivity contribution in [1.82, 2.24) is 10.6 Å². The van der Waals surface area contributed by atoms with E-state index in [0.29, 0.717) is 0 Å². The molecule has 0 spiro atoms. The molecule has 98 valence electrons. The molecule has 0 saturated heterocycles. The Balaban J connectivity index is 2.19. The smallest absolute Gasteiger partial charge is 0.320 e. The van der Waals surface area contributed by atoms with E-state index in [0.717, 1.165) is 31.6 Å². The quantitative estimate of drug-likeness (QED) is 0.664. The van der Waals surface area contributed by atoms with E-state index in [1.165, 1.54) is 6.92 Å². The largest absolute Gasteiger partial charge is 0.480 e. The summed E-state index contributed by atoms with van der Waals surface area (Å²) in [6.07, 6.45) is 4.37. The normalized spacial score (nSPS) is 26.2. The second-order valence-electron chi connectivity index (χ2n) is 4.97. The fraction of sp³-hybridized carbons (Fsp3) is 0.833. The highest BCUT2D eigenvalue weighted by Crippen LogP contribution is 2.23. The standard InChI is InChI=1S/C12H22N2O3/c1-8-3-5-10(6-4-8)14-11(15)7-13-9(2)12(16)17/h8-10,13H,3-7H2,1-2H3,(H,14,15)(H,16,17)/t8?,9-,10?/m0/s1. The molecule has 1 atom stereocenters. The predicted molar refractivity (Wildman–Crippen MR) is 64.7 cm³/mol. The van der Waals surface area contributed by atoms with E-state index in [1.54, 1.807) is 0 Å². The maximum absolute atomic E-state index is 11.6. The highest BCUT2D eigenvalue weighted by molar-refractivity contribution is 5.80. The van der Waals surface area contributed by atoms with Crippen LogP contribution in [0.1, 0.15) is 39.5 Å². The van der Waals surface area contributed by atoms with Gasteiger partial charge in [0.05, 0.1) is 6.54 Å². The van der Waals surface area contributed by atoms with Crippen LogP contribution in [-0.4, -0.2) is 35.6 Å². The first kappa shape index (κ1) is 14.0. The molecule has 17 heavy (non-hydrogen) atoms. The molecule has 0 unspecified atom stereocenters. The third kappa shape index (κ3) is 5.17. The molecule has 0 bridgehead atoms. The van der Waals surface area contributed by atoms with E-state index in [9.17, 15) is 9.59 Å². The van der Waals surface area contributed by atoms with Crippen molar-refractivity contribution < 1.29 is 14.7 Å². The molecule has 5 nitrogen and oxygen atoms in total. The van der Waals surface area contributed by atoms with Crippen LogP contribution < -0.4 is 10.6 Å². The maximum Gasteiger partial charge on any atom is 0.320 e. The highest BCUT2D eigenvalue weighted by Gasteiger charge is 2.20. The zero-order chi connectivity index (χ0) is 12.8. The molecular weight excluding hydrogens is 220 g/mol. The van der Waals surface area contributed by atoms with Gasteiger partial charge >= 0.3 is 5.97 Å². The van der Waals surface area contributed by atoms with Crippen molar-refractivity contribution in [2.45, 2.75) is 51.6 Å². The summed E-state index contributed by atoms with van der Waals surface area (Å²) < 4.78 is 0. The van der Waals surface area contributed by atoms with Gasteiger partial charge in [0.15, 0.2) is 0 Å². The molecule has 1 aliphatic rings. The van der Waals surface area contributed by atoms with Gasteiger partial charge in [-0.2, -0.15) is 0 Å². The summed E-state index contributed by atoms with van der Waals surface area (Å²) in [4.78, 5) is 22.1. The Morgan fingerprint density at radius 2 is 1.88 bits per heavy atom. The monoisotopic (exact) mass is 242 g/mol.